The fourth-order valence-electron chi connectivity index (χ4n) is 2.56. The lowest BCUT2D eigenvalue weighted by atomic mass is 10.1. The van der Waals surface area contributed by atoms with Crippen molar-refractivity contribution in [3.63, 3.8) is 0 Å². The molecule has 120 valence electrons. The van der Waals surface area contributed by atoms with Crippen molar-refractivity contribution in [3.05, 3.63) is 62.5 Å². The van der Waals surface area contributed by atoms with Crippen molar-refractivity contribution < 1.29 is 14.6 Å². The molecule has 1 amide bonds. The Morgan fingerprint density at radius 3 is 2.57 bits per heavy atom. The van der Waals surface area contributed by atoms with Crippen LogP contribution in [-0.2, 0) is 4.74 Å². The summed E-state index contributed by atoms with van der Waals surface area (Å²) in [7, 11) is 0. The largest absolute Gasteiger partial charge is 0.507 e. The number of rotatable bonds is 2. The van der Waals surface area contributed by atoms with Crippen molar-refractivity contribution >= 4 is 37.8 Å². The van der Waals surface area contributed by atoms with Crippen molar-refractivity contribution in [1.82, 2.24) is 4.90 Å². The van der Waals surface area contributed by atoms with E-state index in [4.69, 9.17) is 4.74 Å². The molecule has 1 heterocycles. The van der Waals surface area contributed by atoms with Crippen molar-refractivity contribution in [2.45, 2.75) is 6.10 Å². The van der Waals surface area contributed by atoms with Gasteiger partial charge in [-0.05, 0) is 35.9 Å². The van der Waals surface area contributed by atoms with Crippen molar-refractivity contribution in [3.8, 4) is 5.75 Å². The van der Waals surface area contributed by atoms with Gasteiger partial charge in [0.1, 0.15) is 11.9 Å². The Morgan fingerprint density at radius 2 is 1.83 bits per heavy atom. The summed E-state index contributed by atoms with van der Waals surface area (Å²) in [5, 5.41) is 9.94. The molecular weight excluding hydrogens is 426 g/mol. The minimum absolute atomic E-state index is 0.00937. The SMILES string of the molecule is O=C(c1cc(Br)ccc1O)N1CCOC(c2ccc(Br)cc2)C1. The summed E-state index contributed by atoms with van der Waals surface area (Å²) < 4.78 is 7.56. The molecule has 0 bridgehead atoms. The predicted molar refractivity (Wildman–Crippen MR) is 94.5 cm³/mol. The van der Waals surface area contributed by atoms with Gasteiger partial charge in [-0.25, -0.2) is 0 Å². The van der Waals surface area contributed by atoms with E-state index in [1.165, 1.54) is 6.07 Å². The summed E-state index contributed by atoms with van der Waals surface area (Å²) in [5.41, 5.74) is 1.33. The van der Waals surface area contributed by atoms with Crippen LogP contribution in [0.15, 0.2) is 51.4 Å². The van der Waals surface area contributed by atoms with Crippen LogP contribution in [0.2, 0.25) is 0 Å². The van der Waals surface area contributed by atoms with E-state index in [0.717, 1.165) is 14.5 Å². The first kappa shape index (κ1) is 16.5. The highest BCUT2D eigenvalue weighted by atomic mass is 79.9. The molecule has 1 saturated heterocycles. The number of hydrogen-bond acceptors (Lipinski definition) is 3. The van der Waals surface area contributed by atoms with Crippen LogP contribution in [-0.4, -0.2) is 35.6 Å². The van der Waals surface area contributed by atoms with Crippen molar-refractivity contribution in [2.75, 3.05) is 19.7 Å². The summed E-state index contributed by atoms with van der Waals surface area (Å²) in [5.74, 6) is -0.195. The van der Waals surface area contributed by atoms with Crippen LogP contribution >= 0.6 is 31.9 Å². The van der Waals surface area contributed by atoms with Crippen molar-refractivity contribution in [2.24, 2.45) is 0 Å². The van der Waals surface area contributed by atoms with Gasteiger partial charge in [0.05, 0.1) is 18.7 Å². The normalized spacial score (nSPS) is 18.0. The molecule has 0 aliphatic carbocycles. The molecular formula is C17H15Br2NO3. The first-order valence-electron chi connectivity index (χ1n) is 7.19. The quantitative estimate of drug-likeness (QED) is 0.763. The summed E-state index contributed by atoms with van der Waals surface area (Å²) >= 11 is 6.75. The Hall–Kier alpha value is -1.37. The average Bonchev–Trinajstić information content (AvgIpc) is 2.57. The van der Waals surface area contributed by atoms with Crippen LogP contribution in [0.25, 0.3) is 0 Å². The van der Waals surface area contributed by atoms with Gasteiger partial charge < -0.3 is 14.7 Å². The van der Waals surface area contributed by atoms with Gasteiger partial charge >= 0.3 is 0 Å². The first-order chi connectivity index (χ1) is 11.0. The molecule has 1 N–H and O–H groups in total. The number of nitrogens with zero attached hydrogens (tertiary/aromatic N) is 1. The van der Waals surface area contributed by atoms with Crippen LogP contribution < -0.4 is 0 Å². The van der Waals surface area contributed by atoms with E-state index in [2.05, 4.69) is 31.9 Å². The molecule has 2 aromatic rings. The second-order valence-corrected chi connectivity index (χ2v) is 7.15. The van der Waals surface area contributed by atoms with Crippen LogP contribution in [0.1, 0.15) is 22.0 Å². The predicted octanol–water partition coefficient (Wildman–Crippen LogP) is 4.13. The number of amides is 1. The number of hydrogen-bond donors (Lipinski definition) is 1. The maximum atomic E-state index is 12.7. The molecule has 1 atom stereocenters. The van der Waals surface area contributed by atoms with Crippen LogP contribution in [0.5, 0.6) is 5.75 Å². The number of phenols is 1. The highest BCUT2D eigenvalue weighted by Crippen LogP contribution is 2.27. The number of halogens is 2. The lowest BCUT2D eigenvalue weighted by molar-refractivity contribution is -0.0229. The van der Waals surface area contributed by atoms with Gasteiger partial charge in [-0.3, -0.25) is 4.79 Å². The molecule has 1 aliphatic heterocycles. The second-order valence-electron chi connectivity index (χ2n) is 5.32. The summed E-state index contributed by atoms with van der Waals surface area (Å²) in [6.45, 7) is 1.45. The Bertz CT molecular complexity index is 718. The Labute approximate surface area is 151 Å². The molecule has 0 spiro atoms. The van der Waals surface area contributed by atoms with E-state index < -0.39 is 0 Å². The lowest BCUT2D eigenvalue weighted by Gasteiger charge is -2.33. The van der Waals surface area contributed by atoms with Crippen LogP contribution in [0.4, 0.5) is 0 Å². The second kappa shape index (κ2) is 7.03. The molecule has 1 aliphatic rings. The molecule has 0 radical (unpaired) electrons. The van der Waals surface area contributed by atoms with E-state index >= 15 is 0 Å². The topological polar surface area (TPSA) is 49.8 Å². The van der Waals surface area contributed by atoms with Crippen LogP contribution in [0, 0.1) is 0 Å². The molecule has 0 aromatic heterocycles. The minimum Gasteiger partial charge on any atom is -0.507 e. The van der Waals surface area contributed by atoms with Gasteiger partial charge in [0.25, 0.3) is 5.91 Å². The zero-order valence-electron chi connectivity index (χ0n) is 12.2. The summed E-state index contributed by atoms with van der Waals surface area (Å²) in [6.07, 6.45) is -0.157. The fraction of sp³-hybridized carbons (Fsp3) is 0.235. The smallest absolute Gasteiger partial charge is 0.257 e. The summed E-state index contributed by atoms with van der Waals surface area (Å²) in [6, 6.07) is 12.7. The van der Waals surface area contributed by atoms with Gasteiger partial charge in [0.2, 0.25) is 0 Å². The monoisotopic (exact) mass is 439 g/mol. The average molecular weight is 441 g/mol. The molecule has 2 aromatic carbocycles. The zero-order valence-corrected chi connectivity index (χ0v) is 15.4. The number of carbonyl (C=O) groups is 1. The third-order valence-electron chi connectivity index (χ3n) is 3.78. The lowest BCUT2D eigenvalue weighted by Crippen LogP contribution is -2.42. The number of aromatic hydroxyl groups is 1. The van der Waals surface area contributed by atoms with E-state index in [9.17, 15) is 9.90 Å². The summed E-state index contributed by atoms with van der Waals surface area (Å²) in [4.78, 5) is 14.4. The van der Waals surface area contributed by atoms with Crippen molar-refractivity contribution in [1.29, 1.82) is 0 Å². The van der Waals surface area contributed by atoms with Gasteiger partial charge in [-0.15, -0.1) is 0 Å². The standard InChI is InChI=1S/C17H15Br2NO3/c18-12-3-1-11(2-4-12)16-10-20(7-8-23-16)17(22)14-9-13(19)5-6-15(14)21/h1-6,9,16,21H,7-8,10H2. The maximum Gasteiger partial charge on any atom is 0.257 e. The van der Waals surface area contributed by atoms with E-state index in [-0.39, 0.29) is 17.8 Å². The van der Waals surface area contributed by atoms with Gasteiger partial charge in [0.15, 0.2) is 0 Å². The van der Waals surface area contributed by atoms with E-state index in [0.29, 0.717) is 25.3 Å². The number of benzene rings is 2. The third-order valence-corrected chi connectivity index (χ3v) is 4.81. The van der Waals surface area contributed by atoms with E-state index in [1.54, 1.807) is 17.0 Å². The Morgan fingerprint density at radius 1 is 1.13 bits per heavy atom. The molecule has 4 nitrogen and oxygen atoms in total. The third kappa shape index (κ3) is 3.76. The molecule has 1 fully saturated rings. The number of carbonyl (C=O) groups excluding carboxylic acids is 1. The first-order valence-corrected chi connectivity index (χ1v) is 8.78. The van der Waals surface area contributed by atoms with Gasteiger partial charge in [0, 0.05) is 15.5 Å². The Kier molecular flexibility index (Phi) is 5.04. The van der Waals surface area contributed by atoms with E-state index in [1.807, 2.05) is 24.3 Å². The molecule has 1 unspecified atom stereocenters. The molecule has 3 rings (SSSR count). The molecule has 0 saturated carbocycles. The maximum absolute atomic E-state index is 12.7. The van der Waals surface area contributed by atoms with Crippen LogP contribution in [0.3, 0.4) is 0 Å². The number of morpholine rings is 1. The highest BCUT2D eigenvalue weighted by molar-refractivity contribution is 9.10. The molecule has 23 heavy (non-hydrogen) atoms. The van der Waals surface area contributed by atoms with Gasteiger partial charge in [-0.1, -0.05) is 44.0 Å². The molecule has 6 heteroatoms. The fourth-order valence-corrected chi connectivity index (χ4v) is 3.19. The highest BCUT2D eigenvalue weighted by Gasteiger charge is 2.27. The van der Waals surface area contributed by atoms with Gasteiger partial charge in [-0.2, -0.15) is 0 Å². The minimum atomic E-state index is -0.186. The number of ether oxygens (including phenoxy) is 1. The zero-order chi connectivity index (χ0) is 16.4. The Balaban J connectivity index is 1.79. The number of phenolic OH excluding ortho intramolecular Hbond substituents is 1.